The largest absolute Gasteiger partial charge is 0.465 e. The van der Waals surface area contributed by atoms with Crippen LogP contribution in [0.25, 0.3) is 10.9 Å². The highest BCUT2D eigenvalue weighted by molar-refractivity contribution is 6.37. The predicted octanol–water partition coefficient (Wildman–Crippen LogP) is 4.18. The molecule has 1 saturated heterocycles. The van der Waals surface area contributed by atoms with Crippen molar-refractivity contribution >= 4 is 34.4 Å². The number of hydrogen-bond acceptors (Lipinski definition) is 2. The lowest BCUT2D eigenvalue weighted by molar-refractivity contribution is -0.0884. The van der Waals surface area contributed by atoms with E-state index in [9.17, 15) is 27.9 Å². The van der Waals surface area contributed by atoms with Gasteiger partial charge in [0.2, 0.25) is 0 Å². The van der Waals surface area contributed by atoms with Gasteiger partial charge in [-0.05, 0) is 25.0 Å². The lowest BCUT2D eigenvalue weighted by atomic mass is 10.1. The van der Waals surface area contributed by atoms with Gasteiger partial charge in [0, 0.05) is 24.7 Å². The molecule has 3 rings (SSSR count). The van der Waals surface area contributed by atoms with E-state index in [0.717, 1.165) is 6.20 Å². The number of carbonyl (C=O) groups excluding carboxylic acids is 1. The van der Waals surface area contributed by atoms with Crippen LogP contribution in [-0.2, 0) is 6.54 Å². The average molecular weight is 375 g/mol. The quantitative estimate of drug-likeness (QED) is 0.820. The standard InChI is InChI=1S/C16H14ClF3N2O3/c17-11-4-1-5-12-13(11)10(14(23)16(18,19)20)8-21(12)7-9-3-2-6-22(9)15(24)25/h1,4-5,8-9H,2-3,6-7H2,(H,24,25). The van der Waals surface area contributed by atoms with Crippen molar-refractivity contribution in [3.63, 3.8) is 0 Å². The van der Waals surface area contributed by atoms with Gasteiger partial charge >= 0.3 is 12.3 Å². The minimum atomic E-state index is -5.02. The molecule has 1 aromatic heterocycles. The van der Waals surface area contributed by atoms with Gasteiger partial charge in [0.15, 0.2) is 0 Å². The fraction of sp³-hybridized carbons (Fsp3) is 0.375. The van der Waals surface area contributed by atoms with Crippen LogP contribution in [0.5, 0.6) is 0 Å². The van der Waals surface area contributed by atoms with Crippen molar-refractivity contribution in [3.05, 3.63) is 35.0 Å². The first-order valence-corrected chi connectivity index (χ1v) is 7.96. The molecule has 1 N–H and O–H groups in total. The molecule has 0 spiro atoms. The summed E-state index contributed by atoms with van der Waals surface area (Å²) < 4.78 is 40.1. The van der Waals surface area contributed by atoms with E-state index < -0.39 is 23.6 Å². The maximum absolute atomic E-state index is 12.9. The third-order valence-corrected chi connectivity index (χ3v) is 4.70. The predicted molar refractivity (Wildman–Crippen MR) is 85.1 cm³/mol. The van der Waals surface area contributed by atoms with E-state index in [0.29, 0.717) is 24.9 Å². The van der Waals surface area contributed by atoms with Gasteiger partial charge < -0.3 is 14.6 Å². The summed E-state index contributed by atoms with van der Waals surface area (Å²) in [6.07, 6.45) is -3.67. The van der Waals surface area contributed by atoms with Crippen molar-refractivity contribution in [1.29, 1.82) is 0 Å². The molecule has 1 unspecified atom stereocenters. The molecule has 1 aromatic carbocycles. The van der Waals surface area contributed by atoms with Crippen molar-refractivity contribution in [2.24, 2.45) is 0 Å². The Hall–Kier alpha value is -2.22. The molecule has 1 aliphatic rings. The number of carbonyl (C=O) groups is 2. The molecule has 25 heavy (non-hydrogen) atoms. The molecule has 0 bridgehead atoms. The second kappa shape index (κ2) is 6.25. The molecular formula is C16H14ClF3N2O3. The summed E-state index contributed by atoms with van der Waals surface area (Å²) in [6, 6.07) is 4.20. The Labute approximate surface area is 145 Å². The van der Waals surface area contributed by atoms with Crippen molar-refractivity contribution in [3.8, 4) is 0 Å². The molecule has 2 aromatic rings. The molecule has 9 heteroatoms. The minimum absolute atomic E-state index is 0.0337. The highest BCUT2D eigenvalue weighted by Crippen LogP contribution is 2.34. The lowest BCUT2D eigenvalue weighted by Gasteiger charge is -2.22. The highest BCUT2D eigenvalue weighted by atomic mass is 35.5. The number of carboxylic acid groups (broad SMARTS) is 1. The number of fused-ring (bicyclic) bond motifs is 1. The second-order valence-corrected chi connectivity index (χ2v) is 6.34. The molecule has 1 amide bonds. The monoisotopic (exact) mass is 374 g/mol. The smallest absolute Gasteiger partial charge is 0.454 e. The first-order valence-electron chi connectivity index (χ1n) is 7.58. The van der Waals surface area contributed by atoms with E-state index in [2.05, 4.69) is 0 Å². The summed E-state index contributed by atoms with van der Waals surface area (Å²) in [5.74, 6) is -1.97. The lowest BCUT2D eigenvalue weighted by Crippen LogP contribution is -2.36. The minimum Gasteiger partial charge on any atom is -0.465 e. The third kappa shape index (κ3) is 3.18. The zero-order valence-electron chi connectivity index (χ0n) is 12.9. The maximum atomic E-state index is 12.9. The van der Waals surface area contributed by atoms with E-state index in [4.69, 9.17) is 11.6 Å². The Morgan fingerprint density at radius 3 is 2.68 bits per heavy atom. The van der Waals surface area contributed by atoms with Crippen LogP contribution < -0.4 is 0 Å². The molecule has 0 aliphatic carbocycles. The van der Waals surface area contributed by atoms with Crippen LogP contribution in [0.15, 0.2) is 24.4 Å². The summed E-state index contributed by atoms with van der Waals surface area (Å²) in [5.41, 5.74) is -0.148. The number of halogens is 4. The fourth-order valence-corrected chi connectivity index (χ4v) is 3.56. The number of likely N-dealkylation sites (tertiary alicyclic amines) is 1. The summed E-state index contributed by atoms with van der Waals surface area (Å²) in [5, 5.41) is 9.29. The zero-order chi connectivity index (χ0) is 18.4. The molecule has 1 aliphatic heterocycles. The first kappa shape index (κ1) is 17.6. The summed E-state index contributed by atoms with van der Waals surface area (Å²) in [6.45, 7) is 0.544. The third-order valence-electron chi connectivity index (χ3n) is 4.39. The van der Waals surface area contributed by atoms with Gasteiger partial charge in [-0.3, -0.25) is 4.79 Å². The fourth-order valence-electron chi connectivity index (χ4n) is 3.29. The van der Waals surface area contributed by atoms with E-state index in [1.165, 1.54) is 15.5 Å². The topological polar surface area (TPSA) is 62.5 Å². The molecule has 134 valence electrons. The van der Waals surface area contributed by atoms with Gasteiger partial charge in [0.25, 0.3) is 5.78 Å². The van der Waals surface area contributed by atoms with Crippen molar-refractivity contribution < 1.29 is 27.9 Å². The number of Topliss-reactive ketones (excluding diaryl/α,β-unsaturated/α-hetero) is 1. The summed E-state index contributed by atoms with van der Waals surface area (Å²) in [4.78, 5) is 24.3. The number of benzene rings is 1. The number of alkyl halides is 3. The number of hydrogen-bond donors (Lipinski definition) is 1. The van der Waals surface area contributed by atoms with Gasteiger partial charge in [-0.1, -0.05) is 17.7 Å². The van der Waals surface area contributed by atoms with E-state index in [-0.39, 0.29) is 23.0 Å². The van der Waals surface area contributed by atoms with Crippen LogP contribution in [0.2, 0.25) is 5.02 Å². The van der Waals surface area contributed by atoms with Crippen LogP contribution in [0.1, 0.15) is 23.2 Å². The Balaban J connectivity index is 2.06. The summed E-state index contributed by atoms with van der Waals surface area (Å²) >= 11 is 6.03. The van der Waals surface area contributed by atoms with Gasteiger partial charge in [-0.25, -0.2) is 4.79 Å². The van der Waals surface area contributed by atoms with Crippen LogP contribution in [0.4, 0.5) is 18.0 Å². The van der Waals surface area contributed by atoms with Crippen LogP contribution >= 0.6 is 11.6 Å². The van der Waals surface area contributed by atoms with E-state index in [1.807, 2.05) is 0 Å². The van der Waals surface area contributed by atoms with E-state index in [1.54, 1.807) is 12.1 Å². The van der Waals surface area contributed by atoms with Crippen LogP contribution in [0.3, 0.4) is 0 Å². The normalized spacial score (nSPS) is 18.1. The van der Waals surface area contributed by atoms with Gasteiger partial charge in [0.05, 0.1) is 22.1 Å². The number of amides is 1. The zero-order valence-corrected chi connectivity index (χ0v) is 13.6. The number of ketones is 1. The molecule has 1 atom stereocenters. The van der Waals surface area contributed by atoms with Crippen molar-refractivity contribution in [1.82, 2.24) is 9.47 Å². The Kier molecular flexibility index (Phi) is 4.40. The van der Waals surface area contributed by atoms with Gasteiger partial charge in [0.1, 0.15) is 0 Å². The highest BCUT2D eigenvalue weighted by Gasteiger charge is 2.41. The second-order valence-electron chi connectivity index (χ2n) is 5.93. The van der Waals surface area contributed by atoms with Crippen molar-refractivity contribution in [2.75, 3.05) is 6.54 Å². The molecule has 1 fully saturated rings. The maximum Gasteiger partial charge on any atom is 0.454 e. The summed E-state index contributed by atoms with van der Waals surface area (Å²) in [7, 11) is 0. The van der Waals surface area contributed by atoms with Crippen molar-refractivity contribution in [2.45, 2.75) is 31.6 Å². The van der Waals surface area contributed by atoms with Crippen LogP contribution in [-0.4, -0.2) is 45.2 Å². The number of aromatic nitrogens is 1. The molecule has 0 radical (unpaired) electrons. The van der Waals surface area contributed by atoms with Gasteiger partial charge in [-0.15, -0.1) is 0 Å². The van der Waals surface area contributed by atoms with Crippen LogP contribution in [0, 0.1) is 0 Å². The number of rotatable bonds is 3. The van der Waals surface area contributed by atoms with Gasteiger partial charge in [-0.2, -0.15) is 13.2 Å². The first-order chi connectivity index (χ1) is 11.7. The SMILES string of the molecule is O=C(O)N1CCCC1Cn1cc(C(=O)C(F)(F)F)c2c(Cl)cccc21. The Bertz CT molecular complexity index is 847. The number of nitrogens with zero attached hydrogens (tertiary/aromatic N) is 2. The Morgan fingerprint density at radius 1 is 1.32 bits per heavy atom. The molecule has 2 heterocycles. The molecule has 0 saturated carbocycles. The Morgan fingerprint density at radius 2 is 2.04 bits per heavy atom. The molecule has 5 nitrogen and oxygen atoms in total. The van der Waals surface area contributed by atoms with E-state index >= 15 is 0 Å². The average Bonchev–Trinajstić information content (AvgIpc) is 3.12. The molecular weight excluding hydrogens is 361 g/mol.